The van der Waals surface area contributed by atoms with Crippen molar-refractivity contribution in [2.45, 2.75) is 38.3 Å². The van der Waals surface area contributed by atoms with E-state index < -0.39 is 5.97 Å². The minimum atomic E-state index is -0.940. The van der Waals surface area contributed by atoms with Crippen molar-refractivity contribution in [3.8, 4) is 11.3 Å². The maximum absolute atomic E-state index is 12.4. The van der Waals surface area contributed by atoms with Gasteiger partial charge in [0.15, 0.2) is 5.13 Å². The SMILES string of the molecule is O=C(O)CCNC(=O)c1ccc(CN(c2nc(-c3ccccc3Cl)cs2)C2CCCc3ccccc32)cc1. The van der Waals surface area contributed by atoms with Crippen molar-refractivity contribution in [1.82, 2.24) is 10.3 Å². The van der Waals surface area contributed by atoms with E-state index in [-0.39, 0.29) is 24.9 Å². The van der Waals surface area contributed by atoms with Crippen molar-refractivity contribution in [3.63, 3.8) is 0 Å². The summed E-state index contributed by atoms with van der Waals surface area (Å²) in [5.74, 6) is -1.22. The zero-order chi connectivity index (χ0) is 26.5. The lowest BCUT2D eigenvalue weighted by atomic mass is 9.87. The lowest BCUT2D eigenvalue weighted by molar-refractivity contribution is -0.136. The van der Waals surface area contributed by atoms with Crippen LogP contribution in [0, 0.1) is 0 Å². The molecule has 1 aliphatic rings. The number of amides is 1. The largest absolute Gasteiger partial charge is 0.481 e. The predicted molar refractivity (Wildman–Crippen MR) is 152 cm³/mol. The summed E-state index contributed by atoms with van der Waals surface area (Å²) >= 11 is 8.08. The fraction of sp³-hybridized carbons (Fsp3) is 0.233. The summed E-state index contributed by atoms with van der Waals surface area (Å²) in [6.45, 7) is 0.734. The number of fused-ring (bicyclic) bond motifs is 1. The van der Waals surface area contributed by atoms with Crippen LogP contribution in [0.4, 0.5) is 5.13 Å². The molecular weight excluding hydrogens is 518 g/mol. The molecule has 0 bridgehead atoms. The van der Waals surface area contributed by atoms with Crippen molar-refractivity contribution in [2.24, 2.45) is 0 Å². The van der Waals surface area contributed by atoms with Crippen molar-refractivity contribution in [1.29, 1.82) is 0 Å². The zero-order valence-corrected chi connectivity index (χ0v) is 22.3. The maximum Gasteiger partial charge on any atom is 0.305 e. The standard InChI is InChI=1S/C30H28ClN3O3S/c31-25-10-4-3-9-24(25)26-19-38-30(33-26)34(27-11-5-7-21-6-1-2-8-23(21)27)18-20-12-14-22(15-13-20)29(37)32-17-16-28(35)36/h1-4,6,8-10,12-15,19,27H,5,7,11,16-18H2,(H,32,37)(H,35,36). The quantitative estimate of drug-likeness (QED) is 0.243. The Kier molecular flexibility index (Phi) is 8.05. The van der Waals surface area contributed by atoms with Gasteiger partial charge in [0.1, 0.15) is 0 Å². The maximum atomic E-state index is 12.4. The van der Waals surface area contributed by atoms with E-state index in [0.717, 1.165) is 41.2 Å². The normalized spacial score (nSPS) is 14.5. The Labute approximate surface area is 230 Å². The van der Waals surface area contributed by atoms with Crippen LogP contribution in [-0.2, 0) is 17.8 Å². The van der Waals surface area contributed by atoms with Crippen LogP contribution in [0.5, 0.6) is 0 Å². The Morgan fingerprint density at radius 2 is 1.82 bits per heavy atom. The number of anilines is 1. The highest BCUT2D eigenvalue weighted by molar-refractivity contribution is 7.14. The van der Waals surface area contributed by atoms with E-state index in [1.54, 1.807) is 23.5 Å². The molecule has 0 radical (unpaired) electrons. The summed E-state index contributed by atoms with van der Waals surface area (Å²) in [5.41, 5.74) is 6.05. The summed E-state index contributed by atoms with van der Waals surface area (Å²) in [6.07, 6.45) is 3.11. The summed E-state index contributed by atoms with van der Waals surface area (Å²) < 4.78 is 0. The van der Waals surface area contributed by atoms with Gasteiger partial charge in [-0.05, 0) is 54.2 Å². The van der Waals surface area contributed by atoms with Gasteiger partial charge in [0.25, 0.3) is 5.91 Å². The summed E-state index contributed by atoms with van der Waals surface area (Å²) in [4.78, 5) is 30.5. The molecule has 1 aliphatic carbocycles. The van der Waals surface area contributed by atoms with Gasteiger partial charge in [-0.2, -0.15) is 0 Å². The number of benzene rings is 3. The van der Waals surface area contributed by atoms with E-state index in [4.69, 9.17) is 21.7 Å². The van der Waals surface area contributed by atoms with Gasteiger partial charge in [-0.15, -0.1) is 11.3 Å². The molecule has 0 fully saturated rings. The average molecular weight is 546 g/mol. The van der Waals surface area contributed by atoms with E-state index in [0.29, 0.717) is 17.1 Å². The van der Waals surface area contributed by atoms with Crippen LogP contribution in [0.3, 0.4) is 0 Å². The van der Waals surface area contributed by atoms with Crippen molar-refractivity contribution in [3.05, 3.63) is 105 Å². The first-order valence-corrected chi connectivity index (χ1v) is 13.9. The lowest BCUT2D eigenvalue weighted by Gasteiger charge is -2.36. The smallest absolute Gasteiger partial charge is 0.305 e. The number of halogens is 1. The zero-order valence-electron chi connectivity index (χ0n) is 20.8. The molecule has 0 spiro atoms. The molecule has 4 aromatic rings. The highest BCUT2D eigenvalue weighted by Gasteiger charge is 2.28. The van der Waals surface area contributed by atoms with Gasteiger partial charge < -0.3 is 15.3 Å². The number of nitrogens with one attached hydrogen (secondary N) is 1. The van der Waals surface area contributed by atoms with Gasteiger partial charge in [0.2, 0.25) is 0 Å². The van der Waals surface area contributed by atoms with E-state index in [9.17, 15) is 9.59 Å². The first-order chi connectivity index (χ1) is 18.5. The Bertz CT molecular complexity index is 1440. The molecule has 1 aromatic heterocycles. The molecule has 1 atom stereocenters. The Morgan fingerprint density at radius 1 is 1.05 bits per heavy atom. The van der Waals surface area contributed by atoms with E-state index in [1.807, 2.05) is 36.4 Å². The van der Waals surface area contributed by atoms with Crippen molar-refractivity contribution in [2.75, 3.05) is 11.4 Å². The molecule has 0 saturated carbocycles. The fourth-order valence-corrected chi connectivity index (χ4v) is 6.00. The first-order valence-electron chi connectivity index (χ1n) is 12.6. The predicted octanol–water partition coefficient (Wildman–Crippen LogP) is 6.75. The van der Waals surface area contributed by atoms with E-state index in [1.165, 1.54) is 11.1 Å². The lowest BCUT2D eigenvalue weighted by Crippen LogP contribution is -2.31. The van der Waals surface area contributed by atoms with Crippen molar-refractivity contribution >= 4 is 39.9 Å². The van der Waals surface area contributed by atoms with Crippen LogP contribution in [-0.4, -0.2) is 28.5 Å². The number of hydrogen-bond donors (Lipinski definition) is 2. The summed E-state index contributed by atoms with van der Waals surface area (Å²) in [7, 11) is 0. The molecule has 8 heteroatoms. The van der Waals surface area contributed by atoms with Crippen LogP contribution >= 0.6 is 22.9 Å². The van der Waals surface area contributed by atoms with Gasteiger partial charge in [0.05, 0.1) is 18.2 Å². The molecular formula is C30H28ClN3O3S. The Balaban J connectivity index is 1.43. The molecule has 5 rings (SSSR count). The second kappa shape index (κ2) is 11.8. The third kappa shape index (κ3) is 5.90. The topological polar surface area (TPSA) is 82.5 Å². The third-order valence-electron chi connectivity index (χ3n) is 6.80. The molecule has 0 saturated heterocycles. The van der Waals surface area contributed by atoms with Crippen LogP contribution in [0.15, 0.2) is 78.2 Å². The van der Waals surface area contributed by atoms with Crippen LogP contribution in [0.25, 0.3) is 11.3 Å². The number of aromatic nitrogens is 1. The average Bonchev–Trinajstić information content (AvgIpc) is 3.41. The molecule has 1 amide bonds. The molecule has 38 heavy (non-hydrogen) atoms. The number of carbonyl (C=O) groups excluding carboxylic acids is 1. The van der Waals surface area contributed by atoms with Crippen LogP contribution in [0.2, 0.25) is 5.02 Å². The Hall–Kier alpha value is -3.68. The Morgan fingerprint density at radius 3 is 2.61 bits per heavy atom. The number of nitrogens with zero attached hydrogens (tertiary/aromatic N) is 2. The first kappa shape index (κ1) is 25.9. The highest BCUT2D eigenvalue weighted by Crippen LogP contribution is 2.40. The molecule has 0 aliphatic heterocycles. The molecule has 3 aromatic carbocycles. The fourth-order valence-electron chi connectivity index (χ4n) is 4.90. The molecule has 1 heterocycles. The molecule has 1 unspecified atom stereocenters. The second-order valence-electron chi connectivity index (χ2n) is 9.33. The van der Waals surface area contributed by atoms with Gasteiger partial charge in [0, 0.05) is 34.6 Å². The number of carboxylic acid groups (broad SMARTS) is 1. The second-order valence-corrected chi connectivity index (χ2v) is 10.6. The number of carboxylic acids is 1. The molecule has 2 N–H and O–H groups in total. The van der Waals surface area contributed by atoms with Gasteiger partial charge in [-0.3, -0.25) is 9.59 Å². The van der Waals surface area contributed by atoms with Crippen LogP contribution in [0.1, 0.15) is 52.4 Å². The summed E-state index contributed by atoms with van der Waals surface area (Å²) in [5, 5.41) is 15.1. The number of thiazole rings is 1. The highest BCUT2D eigenvalue weighted by atomic mass is 35.5. The van der Waals surface area contributed by atoms with Gasteiger partial charge in [-0.1, -0.05) is 66.2 Å². The number of aliphatic carboxylic acids is 1. The van der Waals surface area contributed by atoms with Gasteiger partial charge in [-0.25, -0.2) is 4.98 Å². The number of aryl methyl sites for hydroxylation is 1. The van der Waals surface area contributed by atoms with E-state index in [2.05, 4.69) is 39.9 Å². The summed E-state index contributed by atoms with van der Waals surface area (Å²) in [6, 6.07) is 24.1. The van der Waals surface area contributed by atoms with E-state index >= 15 is 0 Å². The number of carbonyl (C=O) groups is 2. The minimum absolute atomic E-state index is 0.0998. The number of rotatable bonds is 9. The van der Waals surface area contributed by atoms with Crippen LogP contribution < -0.4 is 10.2 Å². The minimum Gasteiger partial charge on any atom is -0.481 e. The molecule has 6 nitrogen and oxygen atoms in total. The van der Waals surface area contributed by atoms with Gasteiger partial charge >= 0.3 is 5.97 Å². The number of hydrogen-bond acceptors (Lipinski definition) is 5. The molecule has 194 valence electrons. The monoisotopic (exact) mass is 545 g/mol. The third-order valence-corrected chi connectivity index (χ3v) is 8.00. The van der Waals surface area contributed by atoms with Crippen molar-refractivity contribution < 1.29 is 14.7 Å².